The smallest absolute Gasteiger partial charge is 0.326 e. The van der Waals surface area contributed by atoms with Crippen LogP contribution in [-0.2, 0) is 9.59 Å². The number of rotatable bonds is 8. The minimum Gasteiger partial charge on any atom is -0.481 e. The minimum atomic E-state index is -1.20. The molecule has 0 radical (unpaired) electrons. The molecular formula is C15H16N4O5. The van der Waals surface area contributed by atoms with Gasteiger partial charge in [0, 0.05) is 12.0 Å². The molecule has 126 valence electrons. The fourth-order valence-corrected chi connectivity index (χ4v) is 2.07. The van der Waals surface area contributed by atoms with Gasteiger partial charge in [0.1, 0.15) is 6.04 Å². The third-order valence-electron chi connectivity index (χ3n) is 3.30. The van der Waals surface area contributed by atoms with Crippen molar-refractivity contribution >= 4 is 17.8 Å². The summed E-state index contributed by atoms with van der Waals surface area (Å²) >= 11 is 0. The summed E-state index contributed by atoms with van der Waals surface area (Å²) in [6.07, 6.45) is 3.24. The van der Waals surface area contributed by atoms with E-state index in [1.807, 2.05) is 0 Å². The molecule has 0 saturated carbocycles. The fraction of sp³-hybridized carbons (Fsp3) is 0.267. The van der Waals surface area contributed by atoms with E-state index in [0.717, 1.165) is 0 Å². The second-order valence-electron chi connectivity index (χ2n) is 5.04. The highest BCUT2D eigenvalue weighted by Gasteiger charge is 2.20. The summed E-state index contributed by atoms with van der Waals surface area (Å²) in [6, 6.07) is 5.27. The van der Waals surface area contributed by atoms with Gasteiger partial charge in [-0.3, -0.25) is 9.59 Å². The van der Waals surface area contributed by atoms with Crippen molar-refractivity contribution in [1.82, 2.24) is 20.3 Å². The van der Waals surface area contributed by atoms with Gasteiger partial charge in [0.15, 0.2) is 0 Å². The molecule has 24 heavy (non-hydrogen) atoms. The van der Waals surface area contributed by atoms with Crippen LogP contribution in [0.3, 0.4) is 0 Å². The topological polar surface area (TPSA) is 134 Å². The van der Waals surface area contributed by atoms with Gasteiger partial charge >= 0.3 is 11.9 Å². The average Bonchev–Trinajstić information content (AvgIpc) is 3.08. The number of nitrogens with zero attached hydrogens (tertiary/aromatic N) is 3. The van der Waals surface area contributed by atoms with E-state index in [1.165, 1.54) is 10.9 Å². The van der Waals surface area contributed by atoms with Crippen LogP contribution in [0.25, 0.3) is 5.69 Å². The van der Waals surface area contributed by atoms with Crippen molar-refractivity contribution in [3.8, 4) is 5.69 Å². The zero-order valence-electron chi connectivity index (χ0n) is 12.6. The molecule has 0 unspecified atom stereocenters. The van der Waals surface area contributed by atoms with Crippen LogP contribution in [0, 0.1) is 0 Å². The Labute approximate surface area is 136 Å². The van der Waals surface area contributed by atoms with Crippen molar-refractivity contribution in [2.45, 2.75) is 25.3 Å². The zero-order valence-corrected chi connectivity index (χ0v) is 12.6. The summed E-state index contributed by atoms with van der Waals surface area (Å²) in [5.41, 5.74) is 1.00. The molecule has 0 bridgehead atoms. The third kappa shape index (κ3) is 4.63. The molecule has 9 nitrogen and oxygen atoms in total. The monoisotopic (exact) mass is 332 g/mol. The molecule has 1 atom stereocenters. The first kappa shape index (κ1) is 17.1. The summed E-state index contributed by atoms with van der Waals surface area (Å²) in [6.45, 7) is 0. The maximum absolute atomic E-state index is 12.1. The first-order valence-corrected chi connectivity index (χ1v) is 7.19. The highest BCUT2D eigenvalue weighted by Crippen LogP contribution is 2.09. The second kappa shape index (κ2) is 7.86. The van der Waals surface area contributed by atoms with Crippen LogP contribution in [0.15, 0.2) is 36.7 Å². The zero-order chi connectivity index (χ0) is 17.5. The molecule has 1 amide bonds. The van der Waals surface area contributed by atoms with Crippen LogP contribution in [-0.4, -0.2) is 49.1 Å². The van der Waals surface area contributed by atoms with Crippen molar-refractivity contribution < 1.29 is 24.6 Å². The van der Waals surface area contributed by atoms with E-state index in [9.17, 15) is 14.4 Å². The number of hydrogen-bond acceptors (Lipinski definition) is 5. The van der Waals surface area contributed by atoms with Crippen molar-refractivity contribution in [1.29, 1.82) is 0 Å². The van der Waals surface area contributed by atoms with E-state index in [0.29, 0.717) is 11.3 Å². The van der Waals surface area contributed by atoms with Crippen LogP contribution in [0.2, 0.25) is 0 Å². The number of carbonyl (C=O) groups excluding carboxylic acids is 1. The lowest BCUT2D eigenvalue weighted by atomic mass is 10.1. The quantitative estimate of drug-likeness (QED) is 0.648. The molecule has 1 aromatic heterocycles. The van der Waals surface area contributed by atoms with Gasteiger partial charge in [0.05, 0.1) is 18.1 Å². The predicted molar refractivity (Wildman–Crippen MR) is 81.7 cm³/mol. The Morgan fingerprint density at radius 1 is 1.17 bits per heavy atom. The Balaban J connectivity index is 1.98. The van der Waals surface area contributed by atoms with Gasteiger partial charge in [-0.2, -0.15) is 0 Å². The molecule has 0 fully saturated rings. The molecule has 1 aromatic carbocycles. The lowest BCUT2D eigenvalue weighted by Crippen LogP contribution is -2.40. The molecule has 0 saturated heterocycles. The van der Waals surface area contributed by atoms with Crippen molar-refractivity contribution in [3.63, 3.8) is 0 Å². The second-order valence-corrected chi connectivity index (χ2v) is 5.04. The Hall–Kier alpha value is -3.23. The van der Waals surface area contributed by atoms with Gasteiger partial charge in [0.2, 0.25) is 0 Å². The summed E-state index contributed by atoms with van der Waals surface area (Å²) in [5.74, 6) is -2.75. The lowest BCUT2D eigenvalue weighted by molar-refractivity contribution is -0.140. The van der Waals surface area contributed by atoms with Crippen LogP contribution in [0.4, 0.5) is 0 Å². The minimum absolute atomic E-state index is 0.0460. The summed E-state index contributed by atoms with van der Waals surface area (Å²) in [7, 11) is 0. The normalized spacial score (nSPS) is 11.7. The standard InChI is InChI=1S/C15H16N4O5/c20-13(21)3-1-2-12(15(23)24)17-14(22)10-4-6-11(7-5-10)19-9-8-16-18-19/h4-9,12H,1-3H2,(H,17,22)(H,20,21)(H,23,24)/t12-/m0/s1. The van der Waals surface area contributed by atoms with Gasteiger partial charge in [-0.15, -0.1) is 5.10 Å². The van der Waals surface area contributed by atoms with Crippen molar-refractivity contribution in [2.75, 3.05) is 0 Å². The predicted octanol–water partition coefficient (Wildman–Crippen LogP) is 0.705. The number of amides is 1. The van der Waals surface area contributed by atoms with E-state index < -0.39 is 23.9 Å². The number of nitrogens with one attached hydrogen (secondary N) is 1. The number of carboxylic acid groups (broad SMARTS) is 2. The molecule has 2 aromatic rings. The van der Waals surface area contributed by atoms with Gasteiger partial charge in [-0.1, -0.05) is 5.21 Å². The Morgan fingerprint density at radius 2 is 1.88 bits per heavy atom. The van der Waals surface area contributed by atoms with E-state index in [-0.39, 0.29) is 19.3 Å². The first-order chi connectivity index (χ1) is 11.5. The third-order valence-corrected chi connectivity index (χ3v) is 3.30. The molecule has 0 aliphatic rings. The largest absolute Gasteiger partial charge is 0.481 e. The van der Waals surface area contributed by atoms with E-state index in [4.69, 9.17) is 10.2 Å². The van der Waals surface area contributed by atoms with Crippen LogP contribution >= 0.6 is 0 Å². The maximum atomic E-state index is 12.1. The van der Waals surface area contributed by atoms with Gasteiger partial charge in [-0.05, 0) is 37.1 Å². The average molecular weight is 332 g/mol. The SMILES string of the molecule is O=C(O)CCC[C@H](NC(=O)c1ccc(-n2ccnn2)cc1)C(=O)O. The lowest BCUT2D eigenvalue weighted by Gasteiger charge is -2.14. The van der Waals surface area contributed by atoms with Gasteiger partial charge in [0.25, 0.3) is 5.91 Å². The number of aromatic nitrogens is 3. The Kier molecular flexibility index (Phi) is 5.61. The number of carbonyl (C=O) groups is 3. The van der Waals surface area contributed by atoms with Crippen molar-refractivity contribution in [2.24, 2.45) is 0 Å². The number of carboxylic acids is 2. The van der Waals surface area contributed by atoms with Crippen LogP contribution in [0.1, 0.15) is 29.6 Å². The van der Waals surface area contributed by atoms with Crippen LogP contribution in [0.5, 0.6) is 0 Å². The van der Waals surface area contributed by atoms with E-state index in [2.05, 4.69) is 15.6 Å². The summed E-state index contributed by atoms with van der Waals surface area (Å²) in [4.78, 5) is 33.8. The van der Waals surface area contributed by atoms with Crippen LogP contribution < -0.4 is 5.32 Å². The summed E-state index contributed by atoms with van der Waals surface area (Å²) in [5, 5.41) is 27.6. The maximum Gasteiger partial charge on any atom is 0.326 e. The highest BCUT2D eigenvalue weighted by atomic mass is 16.4. The summed E-state index contributed by atoms with van der Waals surface area (Å²) < 4.78 is 1.52. The van der Waals surface area contributed by atoms with Gasteiger partial charge < -0.3 is 15.5 Å². The molecule has 0 spiro atoms. The Bertz CT molecular complexity index is 712. The van der Waals surface area contributed by atoms with E-state index >= 15 is 0 Å². The Morgan fingerprint density at radius 3 is 2.42 bits per heavy atom. The fourth-order valence-electron chi connectivity index (χ4n) is 2.07. The molecule has 1 heterocycles. The number of aliphatic carboxylic acids is 2. The number of hydrogen-bond donors (Lipinski definition) is 3. The first-order valence-electron chi connectivity index (χ1n) is 7.19. The molecular weight excluding hydrogens is 316 g/mol. The van der Waals surface area contributed by atoms with E-state index in [1.54, 1.807) is 30.5 Å². The molecule has 9 heteroatoms. The molecule has 0 aliphatic heterocycles. The van der Waals surface area contributed by atoms with Crippen molar-refractivity contribution in [3.05, 3.63) is 42.2 Å². The highest BCUT2D eigenvalue weighted by molar-refractivity contribution is 5.96. The molecule has 2 rings (SSSR count). The molecule has 0 aliphatic carbocycles. The number of benzene rings is 1. The molecule has 3 N–H and O–H groups in total. The van der Waals surface area contributed by atoms with Gasteiger partial charge in [-0.25, -0.2) is 9.48 Å².